The number of nitrogens with zero attached hydrogens (tertiary/aromatic N) is 2. The molecule has 0 amide bonds. The predicted molar refractivity (Wildman–Crippen MR) is 128 cm³/mol. The molecule has 30 heavy (non-hydrogen) atoms. The highest BCUT2D eigenvalue weighted by molar-refractivity contribution is 5.55. The largest absolute Gasteiger partial charge is 0.490 e. The molecule has 0 atom stereocenters. The molecule has 0 spiro atoms. The number of hydrogen-bond donors (Lipinski definition) is 0. The van der Waals surface area contributed by atoms with Gasteiger partial charge >= 0.3 is 0 Å². The highest BCUT2D eigenvalue weighted by Crippen LogP contribution is 2.19. The molecule has 1 aromatic carbocycles. The van der Waals surface area contributed by atoms with Gasteiger partial charge in [0.1, 0.15) is 0 Å². The van der Waals surface area contributed by atoms with Gasteiger partial charge in [0.2, 0.25) is 0 Å². The Bertz CT molecular complexity index is 652. The molecule has 0 aliphatic heterocycles. The first-order valence-corrected chi connectivity index (χ1v) is 12.4. The third-order valence-electron chi connectivity index (χ3n) is 5.68. The second-order valence-electron chi connectivity index (χ2n) is 8.43. The van der Waals surface area contributed by atoms with Crippen LogP contribution >= 0.6 is 0 Å². The number of ether oxygens (including phenoxy) is 1. The van der Waals surface area contributed by atoms with Gasteiger partial charge in [-0.05, 0) is 24.8 Å². The van der Waals surface area contributed by atoms with Crippen molar-refractivity contribution in [3.63, 3.8) is 0 Å². The van der Waals surface area contributed by atoms with Gasteiger partial charge in [0.25, 0.3) is 0 Å². The second-order valence-corrected chi connectivity index (χ2v) is 8.43. The minimum Gasteiger partial charge on any atom is -0.490 e. The average molecular weight is 411 g/mol. The summed E-state index contributed by atoms with van der Waals surface area (Å²) in [6.07, 6.45) is 21.9. The Kier molecular flexibility index (Phi) is 12.9. The summed E-state index contributed by atoms with van der Waals surface area (Å²) in [4.78, 5) is 8.98. The fourth-order valence-electron chi connectivity index (χ4n) is 3.72. The van der Waals surface area contributed by atoms with E-state index in [2.05, 4.69) is 48.1 Å². The van der Waals surface area contributed by atoms with Gasteiger partial charge < -0.3 is 4.74 Å². The van der Waals surface area contributed by atoms with Crippen molar-refractivity contribution in [1.29, 1.82) is 0 Å². The maximum atomic E-state index is 5.76. The van der Waals surface area contributed by atoms with E-state index in [1.165, 1.54) is 89.0 Å². The zero-order chi connectivity index (χ0) is 21.3. The summed E-state index contributed by atoms with van der Waals surface area (Å²) in [5, 5.41) is 0. The third-order valence-corrected chi connectivity index (χ3v) is 5.68. The molecule has 0 bridgehead atoms. The van der Waals surface area contributed by atoms with Crippen LogP contribution in [-0.2, 0) is 6.42 Å². The average Bonchev–Trinajstić information content (AvgIpc) is 2.79. The van der Waals surface area contributed by atoms with Crippen molar-refractivity contribution in [3.05, 3.63) is 42.2 Å². The van der Waals surface area contributed by atoms with Crippen molar-refractivity contribution in [2.24, 2.45) is 0 Å². The van der Waals surface area contributed by atoms with Crippen molar-refractivity contribution in [1.82, 2.24) is 9.97 Å². The number of hydrogen-bond acceptors (Lipinski definition) is 3. The Morgan fingerprint density at radius 3 is 1.77 bits per heavy atom. The van der Waals surface area contributed by atoms with Gasteiger partial charge in [-0.1, -0.05) is 109 Å². The van der Waals surface area contributed by atoms with Gasteiger partial charge in [-0.2, -0.15) is 0 Å². The maximum Gasteiger partial charge on any atom is 0.159 e. The van der Waals surface area contributed by atoms with Gasteiger partial charge in [0.15, 0.2) is 11.6 Å². The third kappa shape index (κ3) is 10.2. The first-order valence-electron chi connectivity index (χ1n) is 12.4. The number of aryl methyl sites for hydroxylation is 1. The highest BCUT2D eigenvalue weighted by Gasteiger charge is 2.03. The van der Waals surface area contributed by atoms with Crippen molar-refractivity contribution in [2.45, 2.75) is 104 Å². The molecule has 166 valence electrons. The predicted octanol–water partition coefficient (Wildman–Crippen LogP) is 8.18. The summed E-state index contributed by atoms with van der Waals surface area (Å²) in [6, 6.07) is 8.73. The number of rotatable bonds is 17. The van der Waals surface area contributed by atoms with Crippen molar-refractivity contribution >= 4 is 0 Å². The first kappa shape index (κ1) is 24.4. The van der Waals surface area contributed by atoms with Crippen molar-refractivity contribution < 1.29 is 4.74 Å². The van der Waals surface area contributed by atoms with Crippen molar-refractivity contribution in [3.8, 4) is 17.1 Å². The topological polar surface area (TPSA) is 35.0 Å². The first-order chi connectivity index (χ1) is 14.8. The smallest absolute Gasteiger partial charge is 0.159 e. The molecule has 2 aromatic rings. The lowest BCUT2D eigenvalue weighted by Gasteiger charge is -2.07. The molecule has 0 radical (unpaired) electrons. The molecule has 0 saturated carbocycles. The van der Waals surface area contributed by atoms with E-state index in [-0.39, 0.29) is 0 Å². The molecule has 2 rings (SSSR count). The van der Waals surface area contributed by atoms with Crippen LogP contribution in [0.3, 0.4) is 0 Å². The SMILES string of the molecule is CCCCCCCCCCc1ccc(-c2ncc(OCCCCCCC)cn2)cc1. The lowest BCUT2D eigenvalue weighted by molar-refractivity contribution is 0.302. The van der Waals surface area contributed by atoms with Crippen molar-refractivity contribution in [2.75, 3.05) is 6.61 Å². The zero-order valence-electron chi connectivity index (χ0n) is 19.4. The Balaban J connectivity index is 1.65. The van der Waals surface area contributed by atoms with Crippen LogP contribution in [0.4, 0.5) is 0 Å². The molecular formula is C27H42N2O. The van der Waals surface area contributed by atoms with E-state index in [9.17, 15) is 0 Å². The van der Waals surface area contributed by atoms with E-state index in [0.29, 0.717) is 0 Å². The number of benzene rings is 1. The van der Waals surface area contributed by atoms with E-state index in [1.54, 1.807) is 12.4 Å². The Hall–Kier alpha value is -1.90. The number of unbranched alkanes of at least 4 members (excludes halogenated alkanes) is 11. The van der Waals surface area contributed by atoms with E-state index in [1.807, 2.05) is 0 Å². The standard InChI is InChI=1S/C27H42N2O/c1-3-5-7-9-10-11-12-14-16-24-17-19-25(20-18-24)27-28-22-26(23-29-27)30-21-15-13-8-6-4-2/h17-20,22-23H,3-16,21H2,1-2H3. The highest BCUT2D eigenvalue weighted by atomic mass is 16.5. The molecule has 1 heterocycles. The minimum absolute atomic E-state index is 0.750. The van der Waals surface area contributed by atoms with Gasteiger partial charge in [-0.25, -0.2) is 9.97 Å². The molecular weight excluding hydrogens is 368 g/mol. The lowest BCUT2D eigenvalue weighted by Crippen LogP contribution is -1.99. The molecule has 0 fully saturated rings. The summed E-state index contributed by atoms with van der Waals surface area (Å²) < 4.78 is 5.76. The zero-order valence-corrected chi connectivity index (χ0v) is 19.4. The molecule has 1 aromatic heterocycles. The minimum atomic E-state index is 0.750. The Labute approximate surface area is 184 Å². The Morgan fingerprint density at radius 1 is 0.633 bits per heavy atom. The van der Waals surface area contributed by atoms with Crippen LogP contribution in [0.25, 0.3) is 11.4 Å². The van der Waals surface area contributed by atoms with Crippen LogP contribution < -0.4 is 4.74 Å². The van der Waals surface area contributed by atoms with Crippen LogP contribution in [-0.4, -0.2) is 16.6 Å². The van der Waals surface area contributed by atoms with Gasteiger partial charge in [-0.3, -0.25) is 0 Å². The van der Waals surface area contributed by atoms with Gasteiger partial charge in [0, 0.05) is 5.56 Å². The van der Waals surface area contributed by atoms with E-state index in [4.69, 9.17) is 4.74 Å². The second kappa shape index (κ2) is 15.9. The molecule has 0 aliphatic carbocycles. The summed E-state index contributed by atoms with van der Waals surface area (Å²) in [7, 11) is 0. The molecule has 3 heteroatoms. The van der Waals surface area contributed by atoms with Crippen LogP contribution in [0.2, 0.25) is 0 Å². The summed E-state index contributed by atoms with van der Waals surface area (Å²) in [5.74, 6) is 1.53. The fourth-order valence-corrected chi connectivity index (χ4v) is 3.72. The van der Waals surface area contributed by atoms with E-state index >= 15 is 0 Å². The monoisotopic (exact) mass is 410 g/mol. The number of aromatic nitrogens is 2. The normalized spacial score (nSPS) is 11.0. The molecule has 0 aliphatic rings. The van der Waals surface area contributed by atoms with E-state index < -0.39 is 0 Å². The van der Waals surface area contributed by atoms with Gasteiger partial charge in [0.05, 0.1) is 19.0 Å². The molecule has 0 saturated heterocycles. The Morgan fingerprint density at radius 2 is 1.17 bits per heavy atom. The molecule has 0 N–H and O–H groups in total. The van der Waals surface area contributed by atoms with Crippen LogP contribution in [0, 0.1) is 0 Å². The summed E-state index contributed by atoms with van der Waals surface area (Å²) in [5.41, 5.74) is 2.48. The molecule has 0 unspecified atom stereocenters. The van der Waals surface area contributed by atoms with Crippen LogP contribution in [0.15, 0.2) is 36.7 Å². The maximum absolute atomic E-state index is 5.76. The fraction of sp³-hybridized carbons (Fsp3) is 0.630. The van der Waals surface area contributed by atoms with Gasteiger partial charge in [-0.15, -0.1) is 0 Å². The summed E-state index contributed by atoms with van der Waals surface area (Å²) in [6.45, 7) is 5.26. The van der Waals surface area contributed by atoms with Crippen LogP contribution in [0.1, 0.15) is 103 Å². The van der Waals surface area contributed by atoms with Crippen LogP contribution in [0.5, 0.6) is 5.75 Å². The molecule has 3 nitrogen and oxygen atoms in total. The summed E-state index contributed by atoms with van der Waals surface area (Å²) >= 11 is 0. The lowest BCUT2D eigenvalue weighted by atomic mass is 10.0. The quantitative estimate of drug-likeness (QED) is 0.247. The van der Waals surface area contributed by atoms with E-state index in [0.717, 1.165) is 30.2 Å².